The number of halogens is 1. The molecule has 3 rings (SSSR count). The number of sulfonamides is 1. The highest BCUT2D eigenvalue weighted by atomic mass is 79.9. The monoisotopic (exact) mass is 422 g/mol. The van der Waals surface area contributed by atoms with Crippen LogP contribution < -0.4 is 9.62 Å². The lowest BCUT2D eigenvalue weighted by Gasteiger charge is -2.29. The Morgan fingerprint density at radius 1 is 1.16 bits per heavy atom. The van der Waals surface area contributed by atoms with Gasteiger partial charge in [0.1, 0.15) is 0 Å². The van der Waals surface area contributed by atoms with Gasteiger partial charge >= 0.3 is 0 Å². The number of benzene rings is 2. The predicted octanol–water partition coefficient (Wildman–Crippen LogP) is 3.94. The van der Waals surface area contributed by atoms with Gasteiger partial charge in [-0.3, -0.25) is 9.10 Å². The third-order valence-electron chi connectivity index (χ3n) is 4.17. The molecule has 5 nitrogen and oxygen atoms in total. The first-order valence-corrected chi connectivity index (χ1v) is 10.4. The van der Waals surface area contributed by atoms with Crippen LogP contribution in [-0.2, 0) is 10.0 Å². The fourth-order valence-corrected chi connectivity index (χ4v) is 4.94. The quantitative estimate of drug-likeness (QED) is 0.814. The van der Waals surface area contributed by atoms with Crippen molar-refractivity contribution in [2.24, 2.45) is 0 Å². The van der Waals surface area contributed by atoms with E-state index in [0.717, 1.165) is 16.5 Å². The van der Waals surface area contributed by atoms with E-state index in [1.54, 1.807) is 24.3 Å². The highest BCUT2D eigenvalue weighted by molar-refractivity contribution is 9.10. The SMILES string of the molecule is Cc1ccc(C(=O)Nc2cccc(Br)c2)cc1N1CCCCS1(=O)=O. The Labute approximate surface area is 156 Å². The van der Waals surface area contributed by atoms with Gasteiger partial charge in [0.25, 0.3) is 5.91 Å². The van der Waals surface area contributed by atoms with Gasteiger partial charge in [-0.05, 0) is 55.7 Å². The average Bonchev–Trinajstić information content (AvgIpc) is 2.55. The van der Waals surface area contributed by atoms with Crippen LogP contribution in [0.5, 0.6) is 0 Å². The predicted molar refractivity (Wildman–Crippen MR) is 104 cm³/mol. The van der Waals surface area contributed by atoms with E-state index in [4.69, 9.17) is 0 Å². The Hall–Kier alpha value is -1.86. The largest absolute Gasteiger partial charge is 0.322 e. The van der Waals surface area contributed by atoms with Crippen LogP contribution in [0, 0.1) is 6.92 Å². The van der Waals surface area contributed by atoms with Gasteiger partial charge in [-0.2, -0.15) is 0 Å². The van der Waals surface area contributed by atoms with E-state index in [1.807, 2.05) is 25.1 Å². The first-order chi connectivity index (χ1) is 11.9. The summed E-state index contributed by atoms with van der Waals surface area (Å²) in [5, 5.41) is 2.83. The molecule has 0 saturated carbocycles. The van der Waals surface area contributed by atoms with Gasteiger partial charge < -0.3 is 5.32 Å². The number of hydrogen-bond donors (Lipinski definition) is 1. The summed E-state index contributed by atoms with van der Waals surface area (Å²) < 4.78 is 27.0. The van der Waals surface area contributed by atoms with Crippen LogP contribution in [0.25, 0.3) is 0 Å². The lowest BCUT2D eigenvalue weighted by atomic mass is 10.1. The second kappa shape index (κ2) is 7.17. The van der Waals surface area contributed by atoms with Gasteiger partial charge in [0, 0.05) is 22.3 Å². The molecule has 2 aromatic carbocycles. The molecule has 0 aliphatic carbocycles. The van der Waals surface area contributed by atoms with E-state index in [-0.39, 0.29) is 11.7 Å². The standard InChI is InChI=1S/C18H19BrN2O3S/c1-13-7-8-14(18(22)20-16-6-4-5-15(19)12-16)11-17(13)21-9-2-3-10-25(21,23)24/h4-8,11-12H,2-3,9-10H2,1H3,(H,20,22). The smallest absolute Gasteiger partial charge is 0.255 e. The Morgan fingerprint density at radius 2 is 1.96 bits per heavy atom. The molecule has 0 spiro atoms. The van der Waals surface area contributed by atoms with Crippen LogP contribution in [0.1, 0.15) is 28.8 Å². The molecule has 0 radical (unpaired) electrons. The van der Waals surface area contributed by atoms with Crippen LogP contribution in [0.4, 0.5) is 11.4 Å². The first kappa shape index (κ1) is 17.9. The zero-order valence-corrected chi connectivity index (χ0v) is 16.2. The molecule has 1 fully saturated rings. The summed E-state index contributed by atoms with van der Waals surface area (Å²) >= 11 is 3.37. The van der Waals surface area contributed by atoms with Crippen molar-refractivity contribution in [1.82, 2.24) is 0 Å². The molecule has 2 aromatic rings. The molecule has 1 amide bonds. The molecule has 1 saturated heterocycles. The van der Waals surface area contributed by atoms with Gasteiger partial charge in [0.15, 0.2) is 0 Å². The third-order valence-corrected chi connectivity index (χ3v) is 6.52. The van der Waals surface area contributed by atoms with E-state index < -0.39 is 10.0 Å². The maximum Gasteiger partial charge on any atom is 0.255 e. The van der Waals surface area contributed by atoms with Crippen LogP contribution in [0.3, 0.4) is 0 Å². The van der Waals surface area contributed by atoms with Gasteiger partial charge in [-0.15, -0.1) is 0 Å². The van der Waals surface area contributed by atoms with Crippen LogP contribution in [-0.4, -0.2) is 26.6 Å². The molecular formula is C18H19BrN2O3S. The number of nitrogens with zero attached hydrogens (tertiary/aromatic N) is 1. The molecular weight excluding hydrogens is 404 g/mol. The van der Waals surface area contributed by atoms with E-state index in [0.29, 0.717) is 29.9 Å². The summed E-state index contributed by atoms with van der Waals surface area (Å²) in [5.41, 5.74) is 2.53. The average molecular weight is 423 g/mol. The van der Waals surface area contributed by atoms with E-state index in [9.17, 15) is 13.2 Å². The minimum Gasteiger partial charge on any atom is -0.322 e. The Morgan fingerprint density at radius 3 is 2.68 bits per heavy atom. The van der Waals surface area contributed by atoms with E-state index >= 15 is 0 Å². The zero-order chi connectivity index (χ0) is 18.0. The van der Waals surface area contributed by atoms with Gasteiger partial charge in [-0.25, -0.2) is 8.42 Å². The molecule has 1 N–H and O–H groups in total. The van der Waals surface area contributed by atoms with Crippen molar-refractivity contribution < 1.29 is 13.2 Å². The maximum absolute atomic E-state index is 12.5. The molecule has 0 atom stereocenters. The molecule has 25 heavy (non-hydrogen) atoms. The third kappa shape index (κ3) is 4.04. The summed E-state index contributed by atoms with van der Waals surface area (Å²) in [4.78, 5) is 12.5. The molecule has 1 aliphatic rings. The zero-order valence-electron chi connectivity index (χ0n) is 13.8. The van der Waals surface area contributed by atoms with Crippen molar-refractivity contribution in [2.75, 3.05) is 21.9 Å². The van der Waals surface area contributed by atoms with Crippen LogP contribution >= 0.6 is 15.9 Å². The number of hydrogen-bond acceptors (Lipinski definition) is 3. The fraction of sp³-hybridized carbons (Fsp3) is 0.278. The van der Waals surface area contributed by atoms with E-state index in [2.05, 4.69) is 21.2 Å². The van der Waals surface area contributed by atoms with Crippen LogP contribution in [0.15, 0.2) is 46.9 Å². The summed E-state index contributed by atoms with van der Waals surface area (Å²) in [7, 11) is -3.31. The molecule has 132 valence electrons. The first-order valence-electron chi connectivity index (χ1n) is 8.05. The molecule has 1 aliphatic heterocycles. The van der Waals surface area contributed by atoms with Gasteiger partial charge in [0.05, 0.1) is 11.4 Å². The number of aryl methyl sites for hydroxylation is 1. The van der Waals surface area contributed by atoms with Crippen molar-refractivity contribution in [2.45, 2.75) is 19.8 Å². The molecule has 7 heteroatoms. The Kier molecular flexibility index (Phi) is 5.15. The minimum atomic E-state index is -3.31. The van der Waals surface area contributed by atoms with Gasteiger partial charge in [-0.1, -0.05) is 28.1 Å². The molecule has 1 heterocycles. The number of carbonyl (C=O) groups is 1. The molecule has 0 bridgehead atoms. The Bertz CT molecular complexity index is 912. The number of carbonyl (C=O) groups excluding carboxylic acids is 1. The van der Waals surface area contributed by atoms with Crippen molar-refractivity contribution in [3.63, 3.8) is 0 Å². The van der Waals surface area contributed by atoms with Crippen LogP contribution in [0.2, 0.25) is 0 Å². The lowest BCUT2D eigenvalue weighted by molar-refractivity contribution is 0.102. The Balaban J connectivity index is 1.89. The molecule has 0 aromatic heterocycles. The summed E-state index contributed by atoms with van der Waals surface area (Å²) in [6.45, 7) is 2.31. The minimum absolute atomic E-state index is 0.154. The highest BCUT2D eigenvalue weighted by Crippen LogP contribution is 2.28. The number of rotatable bonds is 3. The van der Waals surface area contributed by atoms with Gasteiger partial charge in [0.2, 0.25) is 10.0 Å². The van der Waals surface area contributed by atoms with E-state index in [1.165, 1.54) is 4.31 Å². The lowest BCUT2D eigenvalue weighted by Crippen LogP contribution is -2.38. The second-order valence-corrected chi connectivity index (χ2v) is 8.99. The highest BCUT2D eigenvalue weighted by Gasteiger charge is 2.27. The van der Waals surface area contributed by atoms with Crippen molar-refractivity contribution in [3.05, 3.63) is 58.1 Å². The maximum atomic E-state index is 12.5. The number of anilines is 2. The number of nitrogens with one attached hydrogen (secondary N) is 1. The topological polar surface area (TPSA) is 66.5 Å². The number of amides is 1. The summed E-state index contributed by atoms with van der Waals surface area (Å²) in [6, 6.07) is 12.5. The van der Waals surface area contributed by atoms with Crippen molar-refractivity contribution in [3.8, 4) is 0 Å². The fourth-order valence-electron chi connectivity index (χ4n) is 2.85. The molecule has 0 unspecified atom stereocenters. The second-order valence-electron chi connectivity index (χ2n) is 6.06. The normalized spacial score (nSPS) is 16.5. The summed E-state index contributed by atoms with van der Waals surface area (Å²) in [5.74, 6) is -0.116. The van der Waals surface area contributed by atoms with Crippen molar-refractivity contribution >= 4 is 43.2 Å². The summed E-state index contributed by atoms with van der Waals surface area (Å²) in [6.07, 6.45) is 1.51. The van der Waals surface area contributed by atoms with Crippen molar-refractivity contribution in [1.29, 1.82) is 0 Å².